The minimum absolute atomic E-state index is 0.0241. The minimum Gasteiger partial charge on any atom is -0.509 e. The molecular weight excluding hydrogens is 555 g/mol. The molecule has 1 saturated carbocycles. The lowest BCUT2D eigenvalue weighted by molar-refractivity contribution is -0.169. The van der Waals surface area contributed by atoms with Crippen LogP contribution in [0.3, 0.4) is 0 Å². The molecule has 4 rings (SSSR count). The molecule has 1 aromatic carbocycles. The number of aliphatic hydroxyl groups excluding tert-OH is 2. The van der Waals surface area contributed by atoms with Crippen molar-refractivity contribution in [1.82, 2.24) is 4.90 Å². The predicted octanol–water partition coefficient (Wildman–Crippen LogP) is 1.69. The lowest BCUT2D eigenvalue weighted by atomic mass is 9.49. The van der Waals surface area contributed by atoms with Gasteiger partial charge in [-0.15, -0.1) is 0 Å². The van der Waals surface area contributed by atoms with Crippen molar-refractivity contribution in [3.05, 3.63) is 43.7 Å². The van der Waals surface area contributed by atoms with Gasteiger partial charge in [0.2, 0.25) is 11.6 Å². The molecule has 0 saturated heterocycles. The number of nitrogens with two attached hydrogens (primary N) is 1. The van der Waals surface area contributed by atoms with Crippen molar-refractivity contribution in [2.24, 2.45) is 17.6 Å². The second kappa shape index (κ2) is 7.28. The van der Waals surface area contributed by atoms with E-state index < -0.39 is 63.0 Å². The van der Waals surface area contributed by atoms with Crippen molar-refractivity contribution in [2.75, 3.05) is 14.1 Å². The lowest BCUT2D eigenvalue weighted by Crippen LogP contribution is -2.72. The number of fused-ring (bicyclic) bond motifs is 3. The number of Topliss-reactive ketones (excluding diaryl/α,β-unsaturated/α-hetero) is 2. The number of carbonyl (C=O) groups is 3. The molecule has 1 aromatic rings. The number of aliphatic hydroxyl groups is 3. The number of halogens is 1. The topological polar surface area (TPSA) is 161 Å². The fraction of sp³-hybridized carbons (Fsp3) is 0.458. The molecule has 0 spiro atoms. The highest BCUT2D eigenvalue weighted by atomic mass is 127. The Kier molecular flexibility index (Phi) is 5.28. The molecule has 1 amide bonds. The molecule has 182 valence electrons. The highest BCUT2D eigenvalue weighted by Crippen LogP contribution is 2.60. The van der Waals surface area contributed by atoms with E-state index in [0.29, 0.717) is 5.56 Å². The summed E-state index contributed by atoms with van der Waals surface area (Å²) in [6.07, 6.45) is 0.0241. The van der Waals surface area contributed by atoms with Crippen molar-refractivity contribution in [2.45, 2.75) is 43.7 Å². The minimum atomic E-state index is -2.75. The van der Waals surface area contributed by atoms with E-state index in [9.17, 15) is 34.8 Å². The maximum atomic E-state index is 14.0. The number of rotatable bonds is 2. The molecule has 1 fully saturated rings. The highest BCUT2D eigenvalue weighted by molar-refractivity contribution is 14.1. The van der Waals surface area contributed by atoms with Gasteiger partial charge in [0.1, 0.15) is 22.8 Å². The van der Waals surface area contributed by atoms with Crippen LogP contribution < -0.4 is 5.73 Å². The summed E-state index contributed by atoms with van der Waals surface area (Å²) in [5.41, 5.74) is 0.0294. The average Bonchev–Trinajstić information content (AvgIpc) is 2.73. The summed E-state index contributed by atoms with van der Waals surface area (Å²) in [5, 5.41) is 44.6. The summed E-state index contributed by atoms with van der Waals surface area (Å²) in [6.45, 7) is 5.27. The molecule has 3 aliphatic rings. The summed E-state index contributed by atoms with van der Waals surface area (Å²) < 4.78 is 0.767. The first-order valence-corrected chi connectivity index (χ1v) is 11.8. The first-order valence-electron chi connectivity index (χ1n) is 10.7. The van der Waals surface area contributed by atoms with Gasteiger partial charge in [-0.05, 0) is 73.1 Å². The van der Waals surface area contributed by atoms with E-state index >= 15 is 0 Å². The van der Waals surface area contributed by atoms with E-state index in [1.165, 1.54) is 17.9 Å². The molecular formula is C24H27IN2O7. The Labute approximate surface area is 210 Å². The number of phenols is 1. The van der Waals surface area contributed by atoms with Crippen LogP contribution >= 0.6 is 22.6 Å². The Morgan fingerprint density at radius 2 is 1.71 bits per heavy atom. The van der Waals surface area contributed by atoms with Gasteiger partial charge in [-0.25, -0.2) is 0 Å². The first-order chi connectivity index (χ1) is 15.5. The summed E-state index contributed by atoms with van der Waals surface area (Å²) in [4.78, 5) is 41.1. The Bertz CT molecular complexity index is 1250. The quantitative estimate of drug-likeness (QED) is 0.200. The fourth-order valence-electron chi connectivity index (χ4n) is 6.08. The molecule has 4 atom stereocenters. The van der Waals surface area contributed by atoms with E-state index in [1.54, 1.807) is 20.2 Å². The van der Waals surface area contributed by atoms with Crippen molar-refractivity contribution in [3.63, 3.8) is 0 Å². The number of hydrogen-bond donors (Lipinski definition) is 5. The number of ketones is 2. The number of benzene rings is 1. The number of amides is 1. The second-order valence-corrected chi connectivity index (χ2v) is 11.4. The molecule has 0 aromatic heterocycles. The number of aromatic hydroxyl groups is 1. The Balaban J connectivity index is 2.09. The highest BCUT2D eigenvalue weighted by Gasteiger charge is 2.70. The zero-order valence-electron chi connectivity index (χ0n) is 19.4. The molecule has 0 bridgehead atoms. The van der Waals surface area contributed by atoms with E-state index in [2.05, 4.69) is 22.6 Å². The number of nitrogens with zero attached hydrogens (tertiary/aromatic N) is 1. The zero-order valence-corrected chi connectivity index (χ0v) is 21.6. The Morgan fingerprint density at radius 3 is 2.24 bits per heavy atom. The van der Waals surface area contributed by atoms with E-state index in [-0.39, 0.29) is 23.3 Å². The molecule has 0 radical (unpaired) electrons. The molecule has 0 heterocycles. The Hall–Kier alpha value is -2.44. The molecule has 2 unspecified atom stereocenters. The number of phenolic OH excluding ortho intramolecular Hbond substituents is 1. The van der Waals surface area contributed by atoms with Crippen LogP contribution in [0, 0.1) is 15.4 Å². The van der Waals surface area contributed by atoms with E-state index in [1.807, 2.05) is 13.8 Å². The maximum absolute atomic E-state index is 14.0. The largest absolute Gasteiger partial charge is 0.509 e. The smallest absolute Gasteiger partial charge is 0.255 e. The molecule has 34 heavy (non-hydrogen) atoms. The third-order valence-corrected chi connectivity index (χ3v) is 9.10. The predicted molar refractivity (Wildman–Crippen MR) is 131 cm³/mol. The Morgan fingerprint density at radius 1 is 1.12 bits per heavy atom. The monoisotopic (exact) mass is 582 g/mol. The SMILES string of the molecule is CN(C)[C@]1(C)C(O)=C(C(N)=O)C(=O)[C@@]2(O)C(=O)C3=C(O)c4c(O)ccc(I)c4C(C)(C)C3CC21. The van der Waals surface area contributed by atoms with Crippen LogP contribution in [-0.4, -0.2) is 68.0 Å². The van der Waals surface area contributed by atoms with E-state index in [4.69, 9.17) is 5.73 Å². The molecule has 3 aliphatic carbocycles. The van der Waals surface area contributed by atoms with Gasteiger partial charge >= 0.3 is 0 Å². The third-order valence-electron chi connectivity index (χ3n) is 8.20. The number of primary amides is 1. The first kappa shape index (κ1) is 24.7. The standard InChI is InChI=1S/C24H27IN2O7/c1-22(2)9-8-12-23(3,27(4)5)18(30)15(21(26)33)20(32)24(12,34)19(31)13(9)17(29)14-11(28)7-6-10(25)16(14)22/h6-7,9,12,28-30,34H,8H2,1-5H3,(H2,26,33)/t9?,12?,23-,24-/m0/s1. The average molecular weight is 582 g/mol. The number of likely N-dealkylation sites (N-methyl/N-ethyl adjacent to an activating group) is 1. The van der Waals surface area contributed by atoms with Crippen LogP contribution in [0.15, 0.2) is 29.0 Å². The van der Waals surface area contributed by atoms with Gasteiger partial charge < -0.3 is 26.2 Å². The zero-order chi connectivity index (χ0) is 25.7. The molecule has 6 N–H and O–H groups in total. The van der Waals surface area contributed by atoms with Crippen LogP contribution in [0.5, 0.6) is 5.75 Å². The summed E-state index contributed by atoms with van der Waals surface area (Å²) >= 11 is 2.10. The lowest BCUT2D eigenvalue weighted by Gasteiger charge is -2.57. The fourth-order valence-corrected chi connectivity index (χ4v) is 7.23. The summed E-state index contributed by atoms with van der Waals surface area (Å²) in [5.74, 6) is -6.79. The van der Waals surface area contributed by atoms with Gasteiger partial charge in [0, 0.05) is 21.0 Å². The van der Waals surface area contributed by atoms with Crippen molar-refractivity contribution >= 4 is 45.8 Å². The van der Waals surface area contributed by atoms with Crippen molar-refractivity contribution < 1.29 is 34.8 Å². The molecule has 9 nitrogen and oxygen atoms in total. The molecule has 10 heteroatoms. The summed E-state index contributed by atoms with van der Waals surface area (Å²) in [7, 11) is 3.20. The number of hydrogen-bond acceptors (Lipinski definition) is 8. The van der Waals surface area contributed by atoms with Crippen molar-refractivity contribution in [1.29, 1.82) is 0 Å². The third kappa shape index (κ3) is 2.70. The van der Waals surface area contributed by atoms with Crippen LogP contribution in [0.2, 0.25) is 0 Å². The van der Waals surface area contributed by atoms with Gasteiger partial charge in [0.05, 0.1) is 11.1 Å². The number of carbonyl (C=O) groups excluding carboxylic acids is 3. The van der Waals surface area contributed by atoms with Crippen LogP contribution in [0.4, 0.5) is 0 Å². The van der Waals surface area contributed by atoms with Crippen LogP contribution in [-0.2, 0) is 19.8 Å². The van der Waals surface area contributed by atoms with Gasteiger partial charge in [-0.2, -0.15) is 0 Å². The second-order valence-electron chi connectivity index (χ2n) is 10.2. The normalized spacial score (nSPS) is 32.5. The van der Waals surface area contributed by atoms with Crippen LogP contribution in [0.1, 0.15) is 38.3 Å². The summed E-state index contributed by atoms with van der Waals surface area (Å²) in [6, 6.07) is 3.11. The van der Waals surface area contributed by atoms with Crippen LogP contribution in [0.25, 0.3) is 5.76 Å². The van der Waals surface area contributed by atoms with Gasteiger partial charge in [-0.3, -0.25) is 19.3 Å². The maximum Gasteiger partial charge on any atom is 0.255 e. The van der Waals surface area contributed by atoms with Gasteiger partial charge in [0.25, 0.3) is 5.91 Å². The van der Waals surface area contributed by atoms with Gasteiger partial charge in [0.15, 0.2) is 5.60 Å². The van der Waals surface area contributed by atoms with Gasteiger partial charge in [-0.1, -0.05) is 13.8 Å². The molecule has 0 aliphatic heterocycles. The van der Waals surface area contributed by atoms with Crippen molar-refractivity contribution in [3.8, 4) is 5.75 Å². The van der Waals surface area contributed by atoms with E-state index in [0.717, 1.165) is 3.57 Å².